The molecule has 4 aliphatic rings. The monoisotopic (exact) mass is 376 g/mol. The minimum Gasteiger partial charge on any atom is -0.385 e. The second kappa shape index (κ2) is 7.23. The van der Waals surface area contributed by atoms with E-state index in [0.29, 0.717) is 0 Å². The van der Waals surface area contributed by atoms with Crippen LogP contribution in [-0.4, -0.2) is 24.2 Å². The van der Waals surface area contributed by atoms with Gasteiger partial charge in [-0.15, -0.1) is 11.3 Å². The Bertz CT molecular complexity index is 710. The fourth-order valence-electron chi connectivity index (χ4n) is 6.04. The average Bonchev–Trinajstić information content (AvgIpc) is 2.84. The largest absolute Gasteiger partial charge is 0.385 e. The van der Waals surface area contributed by atoms with Gasteiger partial charge < -0.3 is 9.30 Å². The molecule has 144 valence electrons. The Kier molecular flexibility index (Phi) is 5.13. The summed E-state index contributed by atoms with van der Waals surface area (Å²) in [4.78, 5) is 20.2. The fraction of sp³-hybridized carbons (Fsp3) is 0.810. The summed E-state index contributed by atoms with van der Waals surface area (Å²) >= 11 is 1.68. The average molecular weight is 377 g/mol. The van der Waals surface area contributed by atoms with Crippen LogP contribution in [0.25, 0.3) is 0 Å². The minimum atomic E-state index is -0.131. The van der Waals surface area contributed by atoms with Crippen LogP contribution in [0.2, 0.25) is 0 Å². The SMILES string of the molecule is COCCCCn1c(C)c(C)s/c1=N\C(=O)C12CC3CC(CC(C3)C1)C2. The summed E-state index contributed by atoms with van der Waals surface area (Å²) in [5, 5.41) is 0. The highest BCUT2D eigenvalue weighted by Gasteiger charge is 2.54. The summed E-state index contributed by atoms with van der Waals surface area (Å²) in [6.07, 6.45) is 9.48. The number of aromatic nitrogens is 1. The molecule has 0 N–H and O–H groups in total. The second-order valence-electron chi connectivity index (χ2n) is 8.99. The Labute approximate surface area is 160 Å². The number of carbonyl (C=O) groups excluding carboxylic acids is 1. The van der Waals surface area contributed by atoms with Crippen LogP contribution in [0.5, 0.6) is 0 Å². The quantitative estimate of drug-likeness (QED) is 0.697. The highest BCUT2D eigenvalue weighted by Crippen LogP contribution is 2.60. The van der Waals surface area contributed by atoms with E-state index in [1.165, 1.54) is 29.8 Å². The highest BCUT2D eigenvalue weighted by atomic mass is 32.1. The van der Waals surface area contributed by atoms with Gasteiger partial charge in [0.25, 0.3) is 5.91 Å². The molecule has 5 heteroatoms. The van der Waals surface area contributed by atoms with Gasteiger partial charge in [0.05, 0.1) is 5.41 Å². The third-order valence-corrected chi connectivity index (χ3v) is 8.15. The normalized spacial score (nSPS) is 33.2. The lowest BCUT2D eigenvalue weighted by Gasteiger charge is -2.55. The Balaban J connectivity index is 1.58. The fourth-order valence-corrected chi connectivity index (χ4v) is 7.04. The van der Waals surface area contributed by atoms with Gasteiger partial charge in [-0.3, -0.25) is 4.79 Å². The van der Waals surface area contributed by atoms with E-state index in [0.717, 1.165) is 67.8 Å². The second-order valence-corrected chi connectivity index (χ2v) is 10.2. The molecular formula is C21H32N2O2S. The lowest BCUT2D eigenvalue weighted by atomic mass is 9.49. The zero-order valence-electron chi connectivity index (χ0n) is 16.4. The predicted molar refractivity (Wildman–Crippen MR) is 104 cm³/mol. The van der Waals surface area contributed by atoms with Crippen LogP contribution in [0.4, 0.5) is 0 Å². The van der Waals surface area contributed by atoms with E-state index >= 15 is 0 Å². The maximum absolute atomic E-state index is 13.3. The smallest absolute Gasteiger partial charge is 0.254 e. The molecule has 26 heavy (non-hydrogen) atoms. The Morgan fingerprint density at radius 3 is 2.35 bits per heavy atom. The van der Waals surface area contributed by atoms with Crippen LogP contribution in [0.15, 0.2) is 4.99 Å². The number of hydrogen-bond acceptors (Lipinski definition) is 3. The van der Waals surface area contributed by atoms with Gasteiger partial charge in [0, 0.05) is 30.8 Å². The summed E-state index contributed by atoms with van der Waals surface area (Å²) in [7, 11) is 1.75. The molecule has 0 atom stereocenters. The molecule has 1 heterocycles. The van der Waals surface area contributed by atoms with E-state index in [9.17, 15) is 4.79 Å². The molecule has 1 aromatic heterocycles. The molecule has 1 aromatic rings. The van der Waals surface area contributed by atoms with Gasteiger partial charge in [0.1, 0.15) is 0 Å². The van der Waals surface area contributed by atoms with Gasteiger partial charge in [-0.25, -0.2) is 0 Å². The topological polar surface area (TPSA) is 43.6 Å². The maximum atomic E-state index is 13.3. The highest BCUT2D eigenvalue weighted by molar-refractivity contribution is 7.09. The van der Waals surface area contributed by atoms with Gasteiger partial charge in [-0.05, 0) is 83.0 Å². The first-order valence-electron chi connectivity index (χ1n) is 10.3. The molecule has 4 saturated carbocycles. The number of rotatable bonds is 6. The molecule has 0 radical (unpaired) electrons. The molecule has 0 aliphatic heterocycles. The van der Waals surface area contributed by atoms with E-state index < -0.39 is 0 Å². The lowest BCUT2D eigenvalue weighted by Crippen LogP contribution is -2.50. The summed E-state index contributed by atoms with van der Waals surface area (Å²) in [5.41, 5.74) is 1.12. The first kappa shape index (κ1) is 18.4. The summed E-state index contributed by atoms with van der Waals surface area (Å²) in [6.45, 7) is 6.00. The van der Waals surface area contributed by atoms with E-state index in [2.05, 4.69) is 18.4 Å². The van der Waals surface area contributed by atoms with Gasteiger partial charge in [-0.2, -0.15) is 4.99 Å². The van der Waals surface area contributed by atoms with Crippen molar-refractivity contribution in [3.05, 3.63) is 15.4 Å². The van der Waals surface area contributed by atoms with Gasteiger partial charge >= 0.3 is 0 Å². The van der Waals surface area contributed by atoms with Crippen molar-refractivity contribution < 1.29 is 9.53 Å². The number of amides is 1. The van der Waals surface area contributed by atoms with Crippen LogP contribution in [0.1, 0.15) is 61.9 Å². The van der Waals surface area contributed by atoms with Crippen molar-refractivity contribution >= 4 is 17.2 Å². The maximum Gasteiger partial charge on any atom is 0.254 e. The van der Waals surface area contributed by atoms with Crippen molar-refractivity contribution in [3.63, 3.8) is 0 Å². The third-order valence-electron chi connectivity index (χ3n) is 7.06. The van der Waals surface area contributed by atoms with Crippen molar-refractivity contribution in [3.8, 4) is 0 Å². The molecule has 5 rings (SSSR count). The molecular weight excluding hydrogens is 344 g/mol. The first-order valence-corrected chi connectivity index (χ1v) is 11.1. The minimum absolute atomic E-state index is 0.131. The summed E-state index contributed by atoms with van der Waals surface area (Å²) in [5.74, 6) is 2.54. The van der Waals surface area contributed by atoms with Gasteiger partial charge in [0.15, 0.2) is 4.80 Å². The lowest BCUT2D eigenvalue weighted by molar-refractivity contribution is -0.142. The number of unbranched alkanes of at least 4 members (excludes halogenated alkanes) is 1. The molecule has 1 amide bonds. The molecule has 4 aliphatic carbocycles. The predicted octanol–water partition coefficient (Wildman–Crippen LogP) is 4.24. The van der Waals surface area contributed by atoms with Crippen molar-refractivity contribution in [2.24, 2.45) is 28.2 Å². The van der Waals surface area contributed by atoms with Crippen molar-refractivity contribution in [2.45, 2.75) is 71.8 Å². The number of nitrogens with zero attached hydrogens (tertiary/aromatic N) is 2. The van der Waals surface area contributed by atoms with Crippen molar-refractivity contribution in [1.82, 2.24) is 4.57 Å². The van der Waals surface area contributed by atoms with E-state index in [-0.39, 0.29) is 11.3 Å². The molecule has 0 spiro atoms. The number of carbonyl (C=O) groups is 1. The first-order chi connectivity index (χ1) is 12.5. The number of methoxy groups -OCH3 is 1. The molecule has 0 aromatic carbocycles. The molecule has 4 nitrogen and oxygen atoms in total. The van der Waals surface area contributed by atoms with Gasteiger partial charge in [0.2, 0.25) is 0 Å². The molecule has 0 saturated heterocycles. The number of aryl methyl sites for hydroxylation is 1. The zero-order chi connectivity index (χ0) is 18.3. The third kappa shape index (κ3) is 3.33. The van der Waals surface area contributed by atoms with Crippen LogP contribution in [0.3, 0.4) is 0 Å². The summed E-state index contributed by atoms with van der Waals surface area (Å²) in [6, 6.07) is 0. The number of ether oxygens (including phenoxy) is 1. The van der Waals surface area contributed by atoms with E-state index in [1.54, 1.807) is 18.4 Å². The van der Waals surface area contributed by atoms with Crippen LogP contribution in [0, 0.1) is 37.0 Å². The van der Waals surface area contributed by atoms with E-state index in [4.69, 9.17) is 9.73 Å². The number of thiazole rings is 1. The standard InChI is InChI=1S/C21H32N2O2S/c1-14-15(2)26-20(23(14)6-4-5-7-25-3)22-19(24)21-11-16-8-17(12-21)10-18(9-16)13-21/h16-18H,4-13H2,1-3H3/b22-20-. The van der Waals surface area contributed by atoms with Crippen LogP contribution in [-0.2, 0) is 16.1 Å². The Morgan fingerprint density at radius 2 is 1.77 bits per heavy atom. The van der Waals surface area contributed by atoms with Gasteiger partial charge in [-0.1, -0.05) is 0 Å². The number of hydrogen-bond donors (Lipinski definition) is 0. The summed E-state index contributed by atoms with van der Waals surface area (Å²) < 4.78 is 7.42. The molecule has 0 unspecified atom stereocenters. The molecule has 4 fully saturated rings. The zero-order valence-corrected chi connectivity index (χ0v) is 17.2. The van der Waals surface area contributed by atoms with Crippen LogP contribution >= 0.6 is 11.3 Å². The van der Waals surface area contributed by atoms with Crippen LogP contribution < -0.4 is 4.80 Å². The Morgan fingerprint density at radius 1 is 1.15 bits per heavy atom. The molecule has 4 bridgehead atoms. The van der Waals surface area contributed by atoms with Crippen molar-refractivity contribution in [2.75, 3.05) is 13.7 Å². The van der Waals surface area contributed by atoms with E-state index in [1.807, 2.05) is 0 Å². The van der Waals surface area contributed by atoms with Crippen molar-refractivity contribution in [1.29, 1.82) is 0 Å². The Hall–Kier alpha value is -0.940.